The van der Waals surface area contributed by atoms with Crippen LogP contribution in [0.4, 0.5) is 5.69 Å². The van der Waals surface area contributed by atoms with Gasteiger partial charge < -0.3 is 10.3 Å². The molecule has 0 spiro atoms. The summed E-state index contributed by atoms with van der Waals surface area (Å²) in [7, 11) is 0. The number of fused-ring (bicyclic) bond motifs is 8. The molecule has 0 saturated carbocycles. The molecule has 0 aliphatic rings. The van der Waals surface area contributed by atoms with Gasteiger partial charge >= 0.3 is 0 Å². The molecule has 0 amide bonds. The van der Waals surface area contributed by atoms with Gasteiger partial charge in [0.25, 0.3) is 0 Å². The lowest BCUT2D eigenvalue weighted by Gasteiger charge is -2.11. The Morgan fingerprint density at radius 3 is 2.09 bits per heavy atom. The highest BCUT2D eigenvalue weighted by atomic mass is 32.1. The Balaban J connectivity index is 1.13. The molecule has 9 aromatic rings. The fraction of sp³-hybridized carbons (Fsp3) is 0.0476. The molecule has 0 fully saturated rings. The lowest BCUT2D eigenvalue weighted by Crippen LogP contribution is -1.94. The largest absolute Gasteiger partial charge is 0.399 e. The van der Waals surface area contributed by atoms with Crippen molar-refractivity contribution in [2.75, 3.05) is 5.73 Å². The summed E-state index contributed by atoms with van der Waals surface area (Å²) in [6, 6.07) is 51.0. The van der Waals surface area contributed by atoms with E-state index in [1.165, 1.54) is 75.1 Å². The number of benzene rings is 7. The first kappa shape index (κ1) is 26.1. The Kier molecular flexibility index (Phi) is 5.84. The molecule has 2 heterocycles. The monoisotopic (exact) mass is 594 g/mol. The highest BCUT2D eigenvalue weighted by Crippen LogP contribution is 2.39. The minimum absolute atomic E-state index is 0.779. The number of nitrogens with two attached hydrogens (primary N) is 1. The second kappa shape index (κ2) is 10.1. The molecule has 0 unspecified atom stereocenters. The number of nitrogens with zero attached hydrogens (tertiary/aromatic N) is 1. The quantitative estimate of drug-likeness (QED) is 0.202. The van der Waals surface area contributed by atoms with E-state index in [2.05, 4.69) is 145 Å². The fourth-order valence-electron chi connectivity index (χ4n) is 6.99. The number of anilines is 1. The number of thiophene rings is 1. The zero-order valence-corrected chi connectivity index (χ0v) is 25.7. The molecular weight excluding hydrogens is 565 g/mol. The van der Waals surface area contributed by atoms with Crippen LogP contribution in [0.15, 0.2) is 140 Å². The zero-order valence-electron chi connectivity index (χ0n) is 24.9. The van der Waals surface area contributed by atoms with Crippen LogP contribution in [-0.4, -0.2) is 4.57 Å². The average molecular weight is 595 g/mol. The normalized spacial score (nSPS) is 11.8. The maximum Gasteiger partial charge on any atom is 0.0547 e. The van der Waals surface area contributed by atoms with Crippen LogP contribution >= 0.6 is 11.3 Å². The zero-order chi connectivity index (χ0) is 30.1. The predicted molar refractivity (Wildman–Crippen MR) is 196 cm³/mol. The van der Waals surface area contributed by atoms with E-state index in [4.69, 9.17) is 5.73 Å². The van der Waals surface area contributed by atoms with E-state index in [0.29, 0.717) is 0 Å². The van der Waals surface area contributed by atoms with Crippen molar-refractivity contribution in [3.05, 3.63) is 145 Å². The van der Waals surface area contributed by atoms with Gasteiger partial charge in [0.05, 0.1) is 11.0 Å². The van der Waals surface area contributed by atoms with Gasteiger partial charge in [0.2, 0.25) is 0 Å². The van der Waals surface area contributed by atoms with Crippen LogP contribution in [0.5, 0.6) is 0 Å². The van der Waals surface area contributed by atoms with Crippen molar-refractivity contribution in [3.63, 3.8) is 0 Å². The molecule has 0 atom stereocenters. The number of nitrogen functional groups attached to an aromatic ring is 1. The second-order valence-electron chi connectivity index (χ2n) is 11.9. The fourth-order valence-corrected chi connectivity index (χ4v) is 8.06. The molecule has 3 heteroatoms. The molecule has 0 bridgehead atoms. The van der Waals surface area contributed by atoms with Crippen LogP contribution in [-0.2, 0) is 6.42 Å². The number of rotatable bonds is 4. The van der Waals surface area contributed by atoms with Gasteiger partial charge in [0, 0.05) is 42.3 Å². The second-order valence-corrected chi connectivity index (χ2v) is 13.0. The van der Waals surface area contributed by atoms with Gasteiger partial charge in [0.15, 0.2) is 0 Å². The van der Waals surface area contributed by atoms with E-state index < -0.39 is 0 Å². The lowest BCUT2D eigenvalue weighted by molar-refractivity contribution is 1.15. The first-order valence-corrected chi connectivity index (χ1v) is 16.3. The molecule has 2 nitrogen and oxygen atoms in total. The van der Waals surface area contributed by atoms with Gasteiger partial charge in [-0.1, -0.05) is 79.7 Å². The first-order chi connectivity index (χ1) is 22.1. The summed E-state index contributed by atoms with van der Waals surface area (Å²) in [4.78, 5) is 0. The Morgan fingerprint density at radius 1 is 0.533 bits per heavy atom. The van der Waals surface area contributed by atoms with Gasteiger partial charge in [-0.05, 0) is 112 Å². The molecule has 45 heavy (non-hydrogen) atoms. The summed E-state index contributed by atoms with van der Waals surface area (Å²) in [5, 5.41) is 7.62. The summed E-state index contributed by atoms with van der Waals surface area (Å²) < 4.78 is 5.06. The first-order valence-electron chi connectivity index (χ1n) is 15.5. The Hall–Kier alpha value is -5.38. The van der Waals surface area contributed by atoms with Gasteiger partial charge in [-0.15, -0.1) is 11.3 Å². The lowest BCUT2D eigenvalue weighted by atomic mass is 9.97. The van der Waals surface area contributed by atoms with E-state index in [0.717, 1.165) is 23.3 Å². The van der Waals surface area contributed by atoms with Crippen molar-refractivity contribution in [3.8, 4) is 27.9 Å². The van der Waals surface area contributed by atoms with Crippen molar-refractivity contribution in [2.45, 2.75) is 13.3 Å². The number of aryl methyl sites for hydroxylation is 1. The summed E-state index contributed by atoms with van der Waals surface area (Å²) in [5.74, 6) is 0. The highest BCUT2D eigenvalue weighted by Gasteiger charge is 2.15. The summed E-state index contributed by atoms with van der Waals surface area (Å²) in [6.45, 7) is 2.22. The Bertz CT molecular complexity index is 2580. The molecule has 0 saturated heterocycles. The standard InChI is InChI=1S/C42H30N2S/c1-2-26-10-20-40-35(22-26)36-24-31(14-21-41(36)45-40)30-8-5-7-29(23-30)27-11-16-33(17-12-27)44-38-19-15-32(43)25-37(38)42-34-9-4-3-6-28(34)13-18-39(42)44/h3-25H,2,43H2,1H3. The number of hydrogen-bond donors (Lipinski definition) is 1. The number of aromatic nitrogens is 1. The number of hydrogen-bond acceptors (Lipinski definition) is 2. The SMILES string of the molecule is CCc1ccc2sc3ccc(-c4cccc(-c5ccc(-n6c7ccc(N)cc7c7c8ccccc8ccc76)cc5)c4)cc3c2c1. The van der Waals surface area contributed by atoms with Crippen molar-refractivity contribution in [2.24, 2.45) is 0 Å². The van der Waals surface area contributed by atoms with Gasteiger partial charge in [-0.25, -0.2) is 0 Å². The van der Waals surface area contributed by atoms with Crippen LogP contribution in [0.1, 0.15) is 12.5 Å². The van der Waals surface area contributed by atoms with Gasteiger partial charge in [-0.2, -0.15) is 0 Å². The minimum Gasteiger partial charge on any atom is -0.399 e. The molecular formula is C42H30N2S. The molecule has 2 aromatic heterocycles. The van der Waals surface area contributed by atoms with Gasteiger partial charge in [-0.3, -0.25) is 0 Å². The molecule has 0 radical (unpaired) electrons. The maximum absolute atomic E-state index is 6.29. The van der Waals surface area contributed by atoms with Crippen molar-refractivity contribution in [1.82, 2.24) is 4.57 Å². The third-order valence-corrected chi connectivity index (χ3v) is 10.4. The van der Waals surface area contributed by atoms with Crippen LogP contribution in [0.2, 0.25) is 0 Å². The van der Waals surface area contributed by atoms with Crippen LogP contribution in [0.3, 0.4) is 0 Å². The van der Waals surface area contributed by atoms with Crippen LogP contribution < -0.4 is 5.73 Å². The van der Waals surface area contributed by atoms with E-state index in [-0.39, 0.29) is 0 Å². The molecule has 0 aliphatic heterocycles. The molecule has 9 rings (SSSR count). The average Bonchev–Trinajstić information content (AvgIpc) is 3.63. The third kappa shape index (κ3) is 4.16. The molecule has 214 valence electrons. The third-order valence-electron chi connectivity index (χ3n) is 9.28. The Morgan fingerprint density at radius 2 is 1.24 bits per heavy atom. The maximum atomic E-state index is 6.29. The van der Waals surface area contributed by atoms with Crippen LogP contribution in [0.25, 0.3) is 80.7 Å². The van der Waals surface area contributed by atoms with E-state index in [1.54, 1.807) is 0 Å². The summed E-state index contributed by atoms with van der Waals surface area (Å²) >= 11 is 1.88. The molecule has 2 N–H and O–H groups in total. The summed E-state index contributed by atoms with van der Waals surface area (Å²) in [6.07, 6.45) is 1.05. The van der Waals surface area contributed by atoms with E-state index in [9.17, 15) is 0 Å². The summed E-state index contributed by atoms with van der Waals surface area (Å²) in [5.41, 5.74) is 16.8. The van der Waals surface area contributed by atoms with E-state index >= 15 is 0 Å². The highest BCUT2D eigenvalue weighted by molar-refractivity contribution is 7.25. The van der Waals surface area contributed by atoms with Crippen molar-refractivity contribution >= 4 is 69.8 Å². The smallest absolute Gasteiger partial charge is 0.0547 e. The van der Waals surface area contributed by atoms with Crippen molar-refractivity contribution in [1.29, 1.82) is 0 Å². The predicted octanol–water partition coefficient (Wildman–Crippen LogP) is 11.8. The van der Waals surface area contributed by atoms with Gasteiger partial charge in [0.1, 0.15) is 0 Å². The van der Waals surface area contributed by atoms with Crippen LogP contribution in [0, 0.1) is 0 Å². The van der Waals surface area contributed by atoms with E-state index in [1.807, 2.05) is 17.4 Å². The van der Waals surface area contributed by atoms with Crippen molar-refractivity contribution < 1.29 is 0 Å². The topological polar surface area (TPSA) is 30.9 Å². The minimum atomic E-state index is 0.779. The Labute approximate surface area is 265 Å². The molecule has 7 aromatic carbocycles. The molecule has 0 aliphatic carbocycles.